The molecule has 0 saturated heterocycles. The van der Waals surface area contributed by atoms with Crippen molar-refractivity contribution in [3.63, 3.8) is 0 Å². The van der Waals surface area contributed by atoms with Crippen molar-refractivity contribution in [3.8, 4) is 0 Å². The molecule has 0 fully saturated rings. The van der Waals surface area contributed by atoms with Gasteiger partial charge in [-0.05, 0) is 44.2 Å². The number of furan rings is 1. The molecule has 1 heterocycles. The molecule has 2 rings (SSSR count). The van der Waals surface area contributed by atoms with E-state index in [0.29, 0.717) is 0 Å². The van der Waals surface area contributed by atoms with Gasteiger partial charge in [-0.25, -0.2) is 0 Å². The molecule has 102 valence electrons. The van der Waals surface area contributed by atoms with Gasteiger partial charge < -0.3 is 14.5 Å². The van der Waals surface area contributed by atoms with Gasteiger partial charge in [0, 0.05) is 19.0 Å². The quantitative estimate of drug-likeness (QED) is 0.774. The minimum atomic E-state index is 0.757. The van der Waals surface area contributed by atoms with Crippen molar-refractivity contribution in [2.75, 3.05) is 26.8 Å². The molecule has 0 saturated carbocycles. The van der Waals surface area contributed by atoms with E-state index in [1.54, 1.807) is 7.11 Å². The topological polar surface area (TPSA) is 34.4 Å². The van der Waals surface area contributed by atoms with Gasteiger partial charge in [-0.3, -0.25) is 0 Å². The molecule has 1 aromatic carbocycles. The Morgan fingerprint density at radius 1 is 1.26 bits per heavy atom. The number of rotatable bonds is 7. The molecule has 19 heavy (non-hydrogen) atoms. The lowest BCUT2D eigenvalue weighted by molar-refractivity contribution is 0.199. The second-order valence-corrected chi connectivity index (χ2v) is 4.62. The van der Waals surface area contributed by atoms with Gasteiger partial charge in [0.2, 0.25) is 0 Å². The second-order valence-electron chi connectivity index (χ2n) is 4.62. The van der Waals surface area contributed by atoms with Crippen LogP contribution in [0.25, 0.3) is 17.0 Å². The van der Waals surface area contributed by atoms with Gasteiger partial charge in [-0.2, -0.15) is 0 Å². The zero-order valence-electron chi connectivity index (χ0n) is 11.6. The summed E-state index contributed by atoms with van der Waals surface area (Å²) >= 11 is 0. The van der Waals surface area contributed by atoms with Crippen LogP contribution in [0.5, 0.6) is 0 Å². The smallest absolute Gasteiger partial charge is 0.134 e. The van der Waals surface area contributed by atoms with Crippen molar-refractivity contribution in [2.45, 2.75) is 13.3 Å². The summed E-state index contributed by atoms with van der Waals surface area (Å²) in [5.74, 6) is 0.914. The average molecular weight is 259 g/mol. The van der Waals surface area contributed by atoms with E-state index in [-0.39, 0.29) is 0 Å². The molecular weight excluding hydrogens is 238 g/mol. The van der Waals surface area contributed by atoms with E-state index in [1.807, 2.05) is 12.1 Å². The maximum absolute atomic E-state index is 5.74. The molecule has 0 aliphatic rings. The average Bonchev–Trinajstić information content (AvgIpc) is 2.79. The molecule has 0 aliphatic heterocycles. The Morgan fingerprint density at radius 3 is 3.00 bits per heavy atom. The third-order valence-electron chi connectivity index (χ3n) is 2.94. The van der Waals surface area contributed by atoms with Gasteiger partial charge in [0.1, 0.15) is 11.3 Å². The van der Waals surface area contributed by atoms with Gasteiger partial charge in [0.05, 0.1) is 6.61 Å². The van der Waals surface area contributed by atoms with Gasteiger partial charge in [-0.1, -0.05) is 17.7 Å². The van der Waals surface area contributed by atoms with Crippen LogP contribution < -0.4 is 5.32 Å². The van der Waals surface area contributed by atoms with Crippen molar-refractivity contribution >= 4 is 17.0 Å². The van der Waals surface area contributed by atoms with Crippen LogP contribution in [0, 0.1) is 6.92 Å². The van der Waals surface area contributed by atoms with Crippen LogP contribution in [-0.2, 0) is 4.74 Å². The minimum Gasteiger partial charge on any atom is -0.457 e. The molecule has 1 N–H and O–H groups in total. The molecule has 0 amide bonds. The fourth-order valence-electron chi connectivity index (χ4n) is 1.95. The highest BCUT2D eigenvalue weighted by molar-refractivity contribution is 5.80. The molecule has 3 heteroatoms. The number of hydrogen-bond donors (Lipinski definition) is 1. The monoisotopic (exact) mass is 259 g/mol. The van der Waals surface area contributed by atoms with Crippen molar-refractivity contribution in [1.29, 1.82) is 0 Å². The van der Waals surface area contributed by atoms with E-state index in [4.69, 9.17) is 9.15 Å². The lowest BCUT2D eigenvalue weighted by Gasteiger charge is -2.00. The van der Waals surface area contributed by atoms with E-state index >= 15 is 0 Å². The third kappa shape index (κ3) is 4.23. The molecule has 0 unspecified atom stereocenters. The van der Waals surface area contributed by atoms with Crippen LogP contribution in [0.2, 0.25) is 0 Å². The van der Waals surface area contributed by atoms with Gasteiger partial charge >= 0.3 is 0 Å². The number of aryl methyl sites for hydroxylation is 1. The molecule has 1 aromatic heterocycles. The SMILES string of the molecule is COCCNCC/C=C/c1cc2cc(C)ccc2o1. The highest BCUT2D eigenvalue weighted by Crippen LogP contribution is 2.21. The first kappa shape index (κ1) is 13.8. The lowest BCUT2D eigenvalue weighted by atomic mass is 10.2. The van der Waals surface area contributed by atoms with E-state index < -0.39 is 0 Å². The summed E-state index contributed by atoms with van der Waals surface area (Å²) in [6.07, 6.45) is 5.15. The molecule has 3 nitrogen and oxygen atoms in total. The molecular formula is C16H21NO2. The van der Waals surface area contributed by atoms with E-state index in [9.17, 15) is 0 Å². The maximum Gasteiger partial charge on any atom is 0.134 e. The predicted molar refractivity (Wildman–Crippen MR) is 79.3 cm³/mol. The minimum absolute atomic E-state index is 0.757. The summed E-state index contributed by atoms with van der Waals surface area (Å²) in [5, 5.41) is 4.46. The highest BCUT2D eigenvalue weighted by Gasteiger charge is 2.00. The fourth-order valence-corrected chi connectivity index (χ4v) is 1.95. The van der Waals surface area contributed by atoms with E-state index in [1.165, 1.54) is 5.56 Å². The maximum atomic E-state index is 5.74. The Labute approximate surface area is 114 Å². The van der Waals surface area contributed by atoms with Crippen LogP contribution >= 0.6 is 0 Å². The Morgan fingerprint density at radius 2 is 2.16 bits per heavy atom. The highest BCUT2D eigenvalue weighted by atomic mass is 16.5. The van der Waals surface area contributed by atoms with Crippen LogP contribution in [-0.4, -0.2) is 26.8 Å². The van der Waals surface area contributed by atoms with Crippen LogP contribution in [0.3, 0.4) is 0 Å². The normalized spacial score (nSPS) is 11.7. The summed E-state index contributed by atoms with van der Waals surface area (Å²) in [7, 11) is 1.71. The van der Waals surface area contributed by atoms with Gasteiger partial charge in [0.25, 0.3) is 0 Å². The summed E-state index contributed by atoms with van der Waals surface area (Å²) in [4.78, 5) is 0. The van der Waals surface area contributed by atoms with Crippen molar-refractivity contribution in [3.05, 3.63) is 41.7 Å². The Hall–Kier alpha value is -1.58. The molecule has 0 aliphatic carbocycles. The summed E-state index contributed by atoms with van der Waals surface area (Å²) in [6, 6.07) is 8.31. The first-order valence-electron chi connectivity index (χ1n) is 6.66. The van der Waals surface area contributed by atoms with Crippen LogP contribution in [0.4, 0.5) is 0 Å². The van der Waals surface area contributed by atoms with Crippen molar-refractivity contribution < 1.29 is 9.15 Å². The summed E-state index contributed by atoms with van der Waals surface area (Å²) in [5.41, 5.74) is 2.20. The number of benzene rings is 1. The van der Waals surface area contributed by atoms with Crippen molar-refractivity contribution in [2.24, 2.45) is 0 Å². The summed E-state index contributed by atoms with van der Waals surface area (Å²) < 4.78 is 10.7. The molecule has 0 radical (unpaired) electrons. The number of nitrogens with one attached hydrogen (secondary N) is 1. The number of hydrogen-bond acceptors (Lipinski definition) is 3. The standard InChI is InChI=1S/C16H21NO2/c1-13-6-7-16-14(11-13)12-15(19-16)5-3-4-8-17-9-10-18-2/h3,5-7,11-12,17H,4,8-10H2,1-2H3/b5-3+. The summed E-state index contributed by atoms with van der Waals surface area (Å²) in [6.45, 7) is 4.70. The van der Waals surface area contributed by atoms with Crippen LogP contribution in [0.1, 0.15) is 17.7 Å². The number of methoxy groups -OCH3 is 1. The zero-order valence-corrected chi connectivity index (χ0v) is 11.6. The van der Waals surface area contributed by atoms with E-state index in [2.05, 4.69) is 36.5 Å². The Bertz CT molecular complexity index is 543. The van der Waals surface area contributed by atoms with E-state index in [0.717, 1.165) is 42.8 Å². The van der Waals surface area contributed by atoms with Crippen molar-refractivity contribution in [1.82, 2.24) is 5.32 Å². The predicted octanol–water partition coefficient (Wildman–Crippen LogP) is 3.38. The fraction of sp³-hybridized carbons (Fsp3) is 0.375. The lowest BCUT2D eigenvalue weighted by Crippen LogP contribution is -2.19. The Balaban J connectivity index is 1.83. The number of ether oxygens (including phenoxy) is 1. The van der Waals surface area contributed by atoms with Crippen LogP contribution in [0.15, 0.2) is 34.8 Å². The zero-order chi connectivity index (χ0) is 13.5. The second kappa shape index (κ2) is 7.12. The largest absolute Gasteiger partial charge is 0.457 e. The first-order chi connectivity index (χ1) is 9.29. The number of fused-ring (bicyclic) bond motifs is 1. The van der Waals surface area contributed by atoms with Gasteiger partial charge in [-0.15, -0.1) is 0 Å². The first-order valence-corrected chi connectivity index (χ1v) is 6.66. The third-order valence-corrected chi connectivity index (χ3v) is 2.94. The Kier molecular flexibility index (Phi) is 5.19. The molecule has 0 spiro atoms. The molecule has 0 bridgehead atoms. The molecule has 0 atom stereocenters. The van der Waals surface area contributed by atoms with Gasteiger partial charge in [0.15, 0.2) is 0 Å². The molecule has 2 aromatic rings.